The van der Waals surface area contributed by atoms with Crippen molar-refractivity contribution in [2.75, 3.05) is 4.90 Å². The standard InChI is InChI=1S/C52H36N4O/c1-52(2)43-26-13-12-22-37(43)38-29-28-36(32-44(38)52)56(35-20-10-5-11-21-35)45-27-15-25-41-39-23-14-24-40-42(30-31-46(47(39)40)57-48(41)45)51-54-49(33-16-6-3-7-17-33)53-50(55-51)34-18-8-4-9-19-34/h3-32H,1-2H3. The second-order valence-electron chi connectivity index (χ2n) is 15.2. The van der Waals surface area contributed by atoms with Crippen molar-refractivity contribution in [3.05, 3.63) is 193 Å². The Morgan fingerprint density at radius 1 is 0.439 bits per heavy atom. The van der Waals surface area contributed by atoms with Crippen molar-refractivity contribution >= 4 is 27.8 Å². The van der Waals surface area contributed by atoms with Gasteiger partial charge in [-0.15, -0.1) is 0 Å². The number of aromatic nitrogens is 3. The molecule has 0 bridgehead atoms. The van der Waals surface area contributed by atoms with E-state index in [-0.39, 0.29) is 5.41 Å². The Balaban J connectivity index is 1.07. The number of benzene rings is 8. The molecule has 0 N–H and O–H groups in total. The molecule has 5 nitrogen and oxygen atoms in total. The van der Waals surface area contributed by atoms with Gasteiger partial charge < -0.3 is 9.64 Å². The normalized spacial score (nSPS) is 13.0. The van der Waals surface area contributed by atoms with Crippen LogP contribution in [0.1, 0.15) is 25.0 Å². The minimum Gasteiger partial charge on any atom is -0.454 e. The Morgan fingerprint density at radius 3 is 1.75 bits per heavy atom. The molecule has 0 spiro atoms. The van der Waals surface area contributed by atoms with Gasteiger partial charge in [0.15, 0.2) is 23.2 Å². The van der Waals surface area contributed by atoms with Gasteiger partial charge in [0, 0.05) is 44.4 Å². The lowest BCUT2D eigenvalue weighted by Gasteiger charge is -2.31. The third-order valence-electron chi connectivity index (χ3n) is 11.5. The molecule has 0 fully saturated rings. The summed E-state index contributed by atoms with van der Waals surface area (Å²) in [5, 5.41) is 2.05. The fraction of sp³-hybridized carbons (Fsp3) is 0.0577. The summed E-state index contributed by atoms with van der Waals surface area (Å²) in [5.74, 6) is 3.48. The molecular formula is C52H36N4O. The first-order chi connectivity index (χ1) is 28.0. The number of anilines is 3. The van der Waals surface area contributed by atoms with Gasteiger partial charge in [-0.05, 0) is 75.7 Å². The summed E-state index contributed by atoms with van der Waals surface area (Å²) in [4.78, 5) is 17.4. The summed E-state index contributed by atoms with van der Waals surface area (Å²) >= 11 is 0. The lowest BCUT2D eigenvalue weighted by molar-refractivity contribution is 0.488. The molecule has 2 aliphatic rings. The van der Waals surface area contributed by atoms with Crippen molar-refractivity contribution in [1.29, 1.82) is 0 Å². The lowest BCUT2D eigenvalue weighted by Crippen LogP contribution is -2.17. The Hall–Kier alpha value is -7.37. The molecule has 57 heavy (non-hydrogen) atoms. The number of rotatable bonds is 6. The van der Waals surface area contributed by atoms with Crippen LogP contribution in [0.3, 0.4) is 0 Å². The van der Waals surface area contributed by atoms with Crippen LogP contribution < -0.4 is 9.64 Å². The van der Waals surface area contributed by atoms with Gasteiger partial charge in [0.1, 0.15) is 5.75 Å². The van der Waals surface area contributed by atoms with Crippen molar-refractivity contribution in [2.45, 2.75) is 19.3 Å². The van der Waals surface area contributed by atoms with Crippen LogP contribution in [0.4, 0.5) is 17.1 Å². The van der Waals surface area contributed by atoms with Crippen LogP contribution in [0.25, 0.3) is 67.2 Å². The molecule has 2 heterocycles. The minimum absolute atomic E-state index is 0.133. The van der Waals surface area contributed by atoms with Crippen molar-refractivity contribution in [1.82, 2.24) is 15.0 Å². The Morgan fingerprint density at radius 2 is 1.02 bits per heavy atom. The highest BCUT2D eigenvalue weighted by Gasteiger charge is 2.36. The van der Waals surface area contributed by atoms with Crippen LogP contribution in [0.5, 0.6) is 11.5 Å². The summed E-state index contributed by atoms with van der Waals surface area (Å²) < 4.78 is 7.07. The molecule has 0 unspecified atom stereocenters. The number of ether oxygens (including phenoxy) is 1. The number of hydrogen-bond acceptors (Lipinski definition) is 5. The van der Waals surface area contributed by atoms with E-state index in [1.807, 2.05) is 60.7 Å². The summed E-state index contributed by atoms with van der Waals surface area (Å²) in [6.07, 6.45) is 0. The topological polar surface area (TPSA) is 51.1 Å². The molecule has 9 aromatic rings. The molecule has 0 atom stereocenters. The van der Waals surface area contributed by atoms with E-state index >= 15 is 0 Å². The maximum absolute atomic E-state index is 7.07. The van der Waals surface area contributed by atoms with Crippen molar-refractivity contribution in [3.63, 3.8) is 0 Å². The van der Waals surface area contributed by atoms with E-state index in [1.165, 1.54) is 22.3 Å². The Bertz CT molecular complexity index is 2960. The molecule has 0 saturated heterocycles. The molecule has 1 aliphatic heterocycles. The van der Waals surface area contributed by atoms with Crippen LogP contribution in [-0.4, -0.2) is 15.0 Å². The van der Waals surface area contributed by atoms with Crippen molar-refractivity contribution < 1.29 is 4.74 Å². The van der Waals surface area contributed by atoms with Crippen LogP contribution in [0.15, 0.2) is 182 Å². The Labute approximate surface area is 331 Å². The van der Waals surface area contributed by atoms with E-state index in [0.29, 0.717) is 17.5 Å². The highest BCUT2D eigenvalue weighted by Crippen LogP contribution is 2.55. The van der Waals surface area contributed by atoms with Gasteiger partial charge in [-0.25, -0.2) is 15.0 Å². The van der Waals surface area contributed by atoms with Gasteiger partial charge in [0.25, 0.3) is 0 Å². The zero-order chi connectivity index (χ0) is 38.1. The van der Waals surface area contributed by atoms with E-state index in [4.69, 9.17) is 19.7 Å². The van der Waals surface area contributed by atoms with Gasteiger partial charge in [-0.1, -0.05) is 153 Å². The second kappa shape index (κ2) is 12.9. The van der Waals surface area contributed by atoms with Gasteiger partial charge >= 0.3 is 0 Å². The minimum atomic E-state index is -0.133. The highest BCUT2D eigenvalue weighted by atomic mass is 16.5. The fourth-order valence-electron chi connectivity index (χ4n) is 8.77. The first-order valence-electron chi connectivity index (χ1n) is 19.4. The molecule has 8 aromatic carbocycles. The first-order valence-corrected chi connectivity index (χ1v) is 19.4. The van der Waals surface area contributed by atoms with Crippen molar-refractivity contribution in [2.24, 2.45) is 0 Å². The van der Waals surface area contributed by atoms with Crippen LogP contribution >= 0.6 is 0 Å². The molecule has 0 radical (unpaired) electrons. The monoisotopic (exact) mass is 732 g/mol. The predicted octanol–water partition coefficient (Wildman–Crippen LogP) is 13.6. The summed E-state index contributed by atoms with van der Waals surface area (Å²) in [6.45, 7) is 4.66. The van der Waals surface area contributed by atoms with E-state index in [2.05, 4.69) is 140 Å². The van der Waals surface area contributed by atoms with Crippen molar-refractivity contribution in [3.8, 4) is 67.9 Å². The second-order valence-corrected chi connectivity index (χ2v) is 15.2. The SMILES string of the molecule is CC1(C)c2ccccc2-c2ccc(N(c3ccccc3)c3cccc4c3Oc3ccc(-c5nc(-c6ccccc6)nc(-c6ccccc6)n5)c5cccc-4c35)cc21. The van der Waals surface area contributed by atoms with Gasteiger partial charge in [0.05, 0.1) is 5.69 Å². The number of para-hydroxylation sites is 2. The summed E-state index contributed by atoms with van der Waals surface area (Å²) in [5.41, 5.74) is 13.2. The van der Waals surface area contributed by atoms with Crippen LogP contribution in [-0.2, 0) is 5.41 Å². The number of nitrogens with zero attached hydrogens (tertiary/aromatic N) is 4. The van der Waals surface area contributed by atoms with Gasteiger partial charge in [-0.3, -0.25) is 0 Å². The molecule has 1 aromatic heterocycles. The average Bonchev–Trinajstić information content (AvgIpc) is 3.50. The molecule has 11 rings (SSSR count). The molecule has 1 aliphatic carbocycles. The van der Waals surface area contributed by atoms with E-state index < -0.39 is 0 Å². The zero-order valence-corrected chi connectivity index (χ0v) is 31.5. The van der Waals surface area contributed by atoms with E-state index in [1.54, 1.807) is 0 Å². The average molecular weight is 733 g/mol. The molecule has 5 heteroatoms. The van der Waals surface area contributed by atoms with E-state index in [9.17, 15) is 0 Å². The summed E-state index contributed by atoms with van der Waals surface area (Å²) in [6, 6.07) is 63.6. The van der Waals surface area contributed by atoms with Gasteiger partial charge in [-0.2, -0.15) is 0 Å². The maximum atomic E-state index is 7.07. The number of fused-ring (bicyclic) bond motifs is 5. The first kappa shape index (κ1) is 33.0. The highest BCUT2D eigenvalue weighted by molar-refractivity contribution is 6.10. The smallest absolute Gasteiger partial charge is 0.164 e. The molecule has 0 saturated carbocycles. The zero-order valence-electron chi connectivity index (χ0n) is 31.5. The van der Waals surface area contributed by atoms with Crippen LogP contribution in [0.2, 0.25) is 0 Å². The summed E-state index contributed by atoms with van der Waals surface area (Å²) in [7, 11) is 0. The predicted molar refractivity (Wildman–Crippen MR) is 231 cm³/mol. The third kappa shape index (κ3) is 5.27. The lowest BCUT2D eigenvalue weighted by atomic mass is 9.82. The maximum Gasteiger partial charge on any atom is 0.164 e. The fourth-order valence-corrected chi connectivity index (χ4v) is 8.77. The molecule has 270 valence electrons. The largest absolute Gasteiger partial charge is 0.454 e. The number of hydrogen-bond donors (Lipinski definition) is 0. The Kier molecular flexibility index (Phi) is 7.45. The van der Waals surface area contributed by atoms with E-state index in [0.717, 1.165) is 67.2 Å². The molecule has 0 amide bonds. The van der Waals surface area contributed by atoms with Crippen LogP contribution in [0, 0.1) is 0 Å². The van der Waals surface area contributed by atoms with Gasteiger partial charge in [0.2, 0.25) is 0 Å². The molecular weight excluding hydrogens is 697 g/mol. The third-order valence-corrected chi connectivity index (χ3v) is 11.5. The quantitative estimate of drug-likeness (QED) is 0.170.